The zero-order valence-corrected chi connectivity index (χ0v) is 11.9. The number of halogens is 2. The van der Waals surface area contributed by atoms with Gasteiger partial charge in [-0.05, 0) is 54.3 Å². The Morgan fingerprint density at radius 3 is 2.67 bits per heavy atom. The molecule has 1 nitrogen and oxygen atoms in total. The molecule has 0 bridgehead atoms. The predicted molar refractivity (Wildman–Crippen MR) is 78.9 cm³/mol. The Kier molecular flexibility index (Phi) is 4.23. The molecule has 1 heterocycles. The molecule has 0 aliphatic heterocycles. The largest absolute Gasteiger partial charge is 0.289 e. The van der Waals surface area contributed by atoms with Gasteiger partial charge in [-0.3, -0.25) is 4.79 Å². The summed E-state index contributed by atoms with van der Waals surface area (Å²) >= 11 is 13.4. The number of thiophene rings is 1. The smallest absolute Gasteiger partial charge is 0.187 e. The number of rotatable bonds is 3. The number of benzene rings is 1. The van der Waals surface area contributed by atoms with Crippen LogP contribution < -0.4 is 0 Å². The van der Waals surface area contributed by atoms with Gasteiger partial charge < -0.3 is 0 Å². The normalized spacial score (nSPS) is 11.1. The molecule has 1 aromatic heterocycles. The van der Waals surface area contributed by atoms with Crippen molar-refractivity contribution in [3.63, 3.8) is 0 Å². The fourth-order valence-corrected chi connectivity index (χ4v) is 2.81. The van der Waals surface area contributed by atoms with Crippen LogP contribution in [0.1, 0.15) is 20.8 Å². The van der Waals surface area contributed by atoms with Crippen LogP contribution >= 0.6 is 34.5 Å². The molecule has 2 rings (SSSR count). The first-order chi connectivity index (χ1) is 8.58. The second kappa shape index (κ2) is 5.70. The van der Waals surface area contributed by atoms with Gasteiger partial charge in [0.05, 0.1) is 5.02 Å². The molecule has 0 atom stereocenters. The Bertz CT molecular complexity index is 614. The Morgan fingerprint density at radius 1 is 1.28 bits per heavy atom. The summed E-state index contributed by atoms with van der Waals surface area (Å²) < 4.78 is 0. The summed E-state index contributed by atoms with van der Waals surface area (Å²) in [7, 11) is 0. The van der Waals surface area contributed by atoms with Crippen molar-refractivity contribution in [3.8, 4) is 0 Å². The van der Waals surface area contributed by atoms with Crippen molar-refractivity contribution in [1.82, 2.24) is 0 Å². The summed E-state index contributed by atoms with van der Waals surface area (Å²) in [6.07, 6.45) is 3.35. The van der Waals surface area contributed by atoms with E-state index in [1.165, 1.54) is 6.08 Å². The quantitative estimate of drug-likeness (QED) is 0.558. The highest BCUT2D eigenvalue weighted by molar-refractivity contribution is 7.11. The lowest BCUT2D eigenvalue weighted by atomic mass is 10.1. The van der Waals surface area contributed by atoms with Gasteiger partial charge in [0.25, 0.3) is 0 Å². The van der Waals surface area contributed by atoms with Gasteiger partial charge in [0.1, 0.15) is 0 Å². The maximum Gasteiger partial charge on any atom is 0.187 e. The van der Waals surface area contributed by atoms with Crippen molar-refractivity contribution in [3.05, 3.63) is 61.8 Å². The molecular formula is C14H10Cl2OS. The van der Waals surface area contributed by atoms with Gasteiger partial charge in [0.15, 0.2) is 5.78 Å². The van der Waals surface area contributed by atoms with Crippen LogP contribution in [0.15, 0.2) is 35.7 Å². The fourth-order valence-electron chi connectivity index (χ4n) is 1.49. The summed E-state index contributed by atoms with van der Waals surface area (Å²) in [4.78, 5) is 13.1. The molecule has 0 saturated heterocycles. The number of hydrogen-bond donors (Lipinski definition) is 0. The van der Waals surface area contributed by atoms with Crippen molar-refractivity contribution in [2.45, 2.75) is 6.92 Å². The van der Waals surface area contributed by atoms with Crippen molar-refractivity contribution in [2.24, 2.45) is 0 Å². The molecule has 92 valence electrons. The first-order valence-electron chi connectivity index (χ1n) is 5.29. The maximum absolute atomic E-state index is 12.0. The minimum Gasteiger partial charge on any atom is -0.289 e. The average Bonchev–Trinajstić information content (AvgIpc) is 2.72. The number of carbonyl (C=O) groups is 1. The SMILES string of the molecule is Cc1ccsc1C=CC(=O)c1ccc(Cl)cc1Cl. The maximum atomic E-state index is 12.0. The average molecular weight is 297 g/mol. The highest BCUT2D eigenvalue weighted by Gasteiger charge is 2.07. The second-order valence-corrected chi connectivity index (χ2v) is 5.58. The van der Waals surface area contributed by atoms with E-state index in [4.69, 9.17) is 23.2 Å². The lowest BCUT2D eigenvalue weighted by Crippen LogP contribution is -1.95. The van der Waals surface area contributed by atoms with Crippen molar-refractivity contribution in [1.29, 1.82) is 0 Å². The van der Waals surface area contributed by atoms with Gasteiger partial charge >= 0.3 is 0 Å². The summed E-state index contributed by atoms with van der Waals surface area (Å²) in [6, 6.07) is 6.88. The Labute approximate surface area is 120 Å². The molecule has 0 radical (unpaired) electrons. The summed E-state index contributed by atoms with van der Waals surface area (Å²) in [5.74, 6) is -0.121. The highest BCUT2D eigenvalue weighted by atomic mass is 35.5. The lowest BCUT2D eigenvalue weighted by molar-refractivity contribution is 0.104. The molecule has 0 spiro atoms. The summed E-state index contributed by atoms with van der Waals surface area (Å²) in [5.41, 5.74) is 1.62. The van der Waals surface area contributed by atoms with Crippen LogP contribution in [-0.4, -0.2) is 5.78 Å². The monoisotopic (exact) mass is 296 g/mol. The van der Waals surface area contributed by atoms with E-state index in [-0.39, 0.29) is 5.78 Å². The molecule has 0 saturated carbocycles. The van der Waals surface area contributed by atoms with Crippen LogP contribution in [0.25, 0.3) is 6.08 Å². The first-order valence-corrected chi connectivity index (χ1v) is 6.93. The number of allylic oxidation sites excluding steroid dienone is 1. The van der Waals surface area contributed by atoms with E-state index >= 15 is 0 Å². The first kappa shape index (κ1) is 13.3. The van der Waals surface area contributed by atoms with Crippen molar-refractivity contribution < 1.29 is 4.79 Å². The van der Waals surface area contributed by atoms with E-state index < -0.39 is 0 Å². The number of carbonyl (C=O) groups excluding carboxylic acids is 1. The van der Waals surface area contributed by atoms with Crippen LogP contribution in [0.2, 0.25) is 10.0 Å². The molecule has 0 aliphatic carbocycles. The van der Waals surface area contributed by atoms with Crippen LogP contribution in [-0.2, 0) is 0 Å². The fraction of sp³-hybridized carbons (Fsp3) is 0.0714. The molecule has 0 aliphatic rings. The lowest BCUT2D eigenvalue weighted by Gasteiger charge is -2.00. The number of ketones is 1. The third kappa shape index (κ3) is 3.02. The van der Waals surface area contributed by atoms with E-state index in [0.717, 1.165) is 10.4 Å². The number of hydrogen-bond acceptors (Lipinski definition) is 2. The molecule has 0 N–H and O–H groups in total. The van der Waals surface area contributed by atoms with Gasteiger partial charge in [-0.25, -0.2) is 0 Å². The molecule has 0 amide bonds. The zero-order chi connectivity index (χ0) is 13.1. The molecule has 18 heavy (non-hydrogen) atoms. The third-order valence-corrected chi connectivity index (χ3v) is 4.02. The third-order valence-electron chi connectivity index (χ3n) is 2.48. The molecule has 4 heteroatoms. The van der Waals surface area contributed by atoms with Crippen LogP contribution in [0, 0.1) is 6.92 Å². The van der Waals surface area contributed by atoms with Crippen LogP contribution in [0.5, 0.6) is 0 Å². The summed E-state index contributed by atoms with van der Waals surface area (Å²) in [5, 5.41) is 2.89. The topological polar surface area (TPSA) is 17.1 Å². The number of aryl methyl sites for hydroxylation is 1. The van der Waals surface area contributed by atoms with Crippen molar-refractivity contribution >= 4 is 46.4 Å². The highest BCUT2D eigenvalue weighted by Crippen LogP contribution is 2.22. The molecular weight excluding hydrogens is 287 g/mol. The van der Waals surface area contributed by atoms with E-state index in [0.29, 0.717) is 15.6 Å². The standard InChI is InChI=1S/C14H10Cl2OS/c1-9-6-7-18-14(9)5-4-13(17)11-3-2-10(15)8-12(11)16/h2-8H,1H3. The molecule has 1 aromatic carbocycles. The Hall–Kier alpha value is -1.09. The second-order valence-electron chi connectivity index (χ2n) is 3.79. The van der Waals surface area contributed by atoms with Crippen LogP contribution in [0.4, 0.5) is 0 Å². The minimum atomic E-state index is -0.121. The van der Waals surface area contributed by atoms with Crippen LogP contribution in [0.3, 0.4) is 0 Å². The van der Waals surface area contributed by atoms with Gasteiger partial charge in [0, 0.05) is 15.5 Å². The van der Waals surface area contributed by atoms with Gasteiger partial charge in [-0.15, -0.1) is 11.3 Å². The molecule has 2 aromatic rings. The zero-order valence-electron chi connectivity index (χ0n) is 9.61. The van der Waals surface area contributed by atoms with Gasteiger partial charge in [-0.2, -0.15) is 0 Å². The Morgan fingerprint density at radius 2 is 2.06 bits per heavy atom. The molecule has 0 fully saturated rings. The minimum absolute atomic E-state index is 0.121. The predicted octanol–water partition coefficient (Wildman–Crippen LogP) is 5.26. The van der Waals surface area contributed by atoms with E-state index in [2.05, 4.69) is 0 Å². The van der Waals surface area contributed by atoms with E-state index in [9.17, 15) is 4.79 Å². The Balaban J connectivity index is 2.22. The van der Waals surface area contributed by atoms with Gasteiger partial charge in [-0.1, -0.05) is 23.2 Å². The summed E-state index contributed by atoms with van der Waals surface area (Å²) in [6.45, 7) is 2.01. The molecule has 0 unspecified atom stereocenters. The van der Waals surface area contributed by atoms with Crippen molar-refractivity contribution in [2.75, 3.05) is 0 Å². The van der Waals surface area contributed by atoms with Gasteiger partial charge in [0.2, 0.25) is 0 Å². The van der Waals surface area contributed by atoms with E-state index in [1.54, 1.807) is 29.5 Å². The van der Waals surface area contributed by atoms with E-state index in [1.807, 2.05) is 24.4 Å².